The van der Waals surface area contributed by atoms with E-state index in [0.717, 1.165) is 12.1 Å². The fourth-order valence-electron chi connectivity index (χ4n) is 0.860. The predicted octanol–water partition coefficient (Wildman–Crippen LogP) is 0.249. The Bertz CT molecular complexity index is 268. The molecule has 10 heavy (non-hydrogen) atoms. The van der Waals surface area contributed by atoms with Crippen molar-refractivity contribution in [3.63, 3.8) is 0 Å². The number of aryl methyl sites for hydroxylation is 1. The summed E-state index contributed by atoms with van der Waals surface area (Å²) in [7, 11) is 1.78. The molecule has 1 aromatic rings. The van der Waals surface area contributed by atoms with Gasteiger partial charge in [-0.3, -0.25) is 4.68 Å². The molecule has 1 heterocycles. The maximum atomic E-state index is 8.50. The van der Waals surface area contributed by atoms with E-state index in [-0.39, 0.29) is 0 Å². The molecule has 0 unspecified atom stereocenters. The van der Waals surface area contributed by atoms with Gasteiger partial charge >= 0.3 is 0 Å². The molecule has 1 rings (SSSR count). The first-order valence-corrected chi connectivity index (χ1v) is 3.08. The van der Waals surface area contributed by atoms with Crippen LogP contribution in [0.2, 0.25) is 0 Å². The molecule has 52 valence electrons. The lowest BCUT2D eigenvalue weighted by Crippen LogP contribution is -1.96. The van der Waals surface area contributed by atoms with Gasteiger partial charge in [-0.15, -0.1) is 5.10 Å². The molecule has 0 aliphatic heterocycles. The Hall–Kier alpha value is -1.37. The van der Waals surface area contributed by atoms with Crippen LogP contribution in [0.1, 0.15) is 18.3 Å². The Kier molecular flexibility index (Phi) is 1.67. The van der Waals surface area contributed by atoms with Gasteiger partial charge in [0.05, 0.1) is 5.69 Å². The van der Waals surface area contributed by atoms with E-state index in [4.69, 9.17) is 5.26 Å². The SMILES string of the molecule is CCc1c(C#N)nnn1C. The van der Waals surface area contributed by atoms with Crippen LogP contribution in [0.5, 0.6) is 0 Å². The van der Waals surface area contributed by atoms with Crippen molar-refractivity contribution in [2.24, 2.45) is 7.05 Å². The molecule has 4 heteroatoms. The first kappa shape index (κ1) is 6.75. The summed E-state index contributed by atoms with van der Waals surface area (Å²) in [5.74, 6) is 0. The highest BCUT2D eigenvalue weighted by molar-refractivity contribution is 5.23. The van der Waals surface area contributed by atoms with Gasteiger partial charge in [0, 0.05) is 7.05 Å². The molecular formula is C6H8N4. The van der Waals surface area contributed by atoms with E-state index in [1.807, 2.05) is 13.0 Å². The topological polar surface area (TPSA) is 54.5 Å². The van der Waals surface area contributed by atoms with Crippen LogP contribution in [0.3, 0.4) is 0 Å². The lowest BCUT2D eigenvalue weighted by atomic mass is 10.3. The minimum absolute atomic E-state index is 0.435. The Morgan fingerprint density at radius 1 is 1.70 bits per heavy atom. The normalized spacial score (nSPS) is 9.30. The summed E-state index contributed by atoms with van der Waals surface area (Å²) in [5.41, 5.74) is 1.33. The van der Waals surface area contributed by atoms with Gasteiger partial charge in [0.1, 0.15) is 6.07 Å². The Morgan fingerprint density at radius 2 is 2.40 bits per heavy atom. The molecule has 1 aromatic heterocycles. The number of rotatable bonds is 1. The van der Waals surface area contributed by atoms with Gasteiger partial charge in [0.25, 0.3) is 0 Å². The zero-order valence-corrected chi connectivity index (χ0v) is 6.00. The molecule has 0 saturated carbocycles. The molecule has 0 bridgehead atoms. The summed E-state index contributed by atoms with van der Waals surface area (Å²) in [6.07, 6.45) is 0.798. The van der Waals surface area contributed by atoms with Gasteiger partial charge < -0.3 is 0 Å². The molecule has 0 aromatic carbocycles. The molecule has 0 spiro atoms. The van der Waals surface area contributed by atoms with E-state index < -0.39 is 0 Å². The standard InChI is InChI=1S/C6H8N4/c1-3-6-5(4-7)8-9-10(6)2/h3H2,1-2H3. The van der Waals surface area contributed by atoms with E-state index in [2.05, 4.69) is 10.3 Å². The third kappa shape index (κ3) is 0.860. The quantitative estimate of drug-likeness (QED) is 0.556. The third-order valence-electron chi connectivity index (χ3n) is 1.38. The van der Waals surface area contributed by atoms with E-state index >= 15 is 0 Å². The molecule has 0 aliphatic rings. The molecule has 0 atom stereocenters. The van der Waals surface area contributed by atoms with Crippen molar-refractivity contribution in [2.45, 2.75) is 13.3 Å². The Balaban J connectivity index is 3.16. The smallest absolute Gasteiger partial charge is 0.185 e. The van der Waals surface area contributed by atoms with Gasteiger partial charge in [-0.25, -0.2) is 0 Å². The largest absolute Gasteiger partial charge is 0.251 e. The first-order chi connectivity index (χ1) is 4.79. The van der Waals surface area contributed by atoms with Crippen LogP contribution in [0.4, 0.5) is 0 Å². The first-order valence-electron chi connectivity index (χ1n) is 3.08. The molecule has 4 nitrogen and oxygen atoms in total. The molecule has 0 N–H and O–H groups in total. The zero-order valence-electron chi connectivity index (χ0n) is 6.00. The summed E-state index contributed by atoms with van der Waals surface area (Å²) in [6, 6.07) is 1.97. The van der Waals surface area contributed by atoms with Gasteiger partial charge in [-0.1, -0.05) is 12.1 Å². The minimum Gasteiger partial charge on any atom is -0.251 e. The Morgan fingerprint density at radius 3 is 2.80 bits per heavy atom. The highest BCUT2D eigenvalue weighted by atomic mass is 15.4. The fraction of sp³-hybridized carbons (Fsp3) is 0.500. The molecule has 0 amide bonds. The summed E-state index contributed by atoms with van der Waals surface area (Å²) in [5, 5.41) is 15.9. The van der Waals surface area contributed by atoms with Crippen LogP contribution >= 0.6 is 0 Å². The fourth-order valence-corrected chi connectivity index (χ4v) is 0.860. The van der Waals surface area contributed by atoms with Gasteiger partial charge in [0.15, 0.2) is 5.69 Å². The lowest BCUT2D eigenvalue weighted by molar-refractivity contribution is 0.682. The molecular weight excluding hydrogens is 128 g/mol. The van der Waals surface area contributed by atoms with Crippen molar-refractivity contribution in [1.29, 1.82) is 5.26 Å². The van der Waals surface area contributed by atoms with E-state index in [9.17, 15) is 0 Å². The van der Waals surface area contributed by atoms with Crippen molar-refractivity contribution in [2.75, 3.05) is 0 Å². The number of nitrogens with zero attached hydrogens (tertiary/aromatic N) is 4. The summed E-state index contributed by atoms with van der Waals surface area (Å²) >= 11 is 0. The van der Waals surface area contributed by atoms with Crippen LogP contribution in [0, 0.1) is 11.3 Å². The monoisotopic (exact) mass is 136 g/mol. The zero-order chi connectivity index (χ0) is 7.56. The number of aromatic nitrogens is 3. The minimum atomic E-state index is 0.435. The second-order valence-corrected chi connectivity index (χ2v) is 1.97. The Labute approximate surface area is 59.1 Å². The second-order valence-electron chi connectivity index (χ2n) is 1.97. The maximum absolute atomic E-state index is 8.50. The average Bonchev–Trinajstić information content (AvgIpc) is 2.30. The third-order valence-corrected chi connectivity index (χ3v) is 1.38. The van der Waals surface area contributed by atoms with E-state index in [1.54, 1.807) is 11.7 Å². The average molecular weight is 136 g/mol. The van der Waals surface area contributed by atoms with Crippen molar-refractivity contribution >= 4 is 0 Å². The van der Waals surface area contributed by atoms with Crippen molar-refractivity contribution in [3.05, 3.63) is 11.4 Å². The highest BCUT2D eigenvalue weighted by Crippen LogP contribution is 2.01. The van der Waals surface area contributed by atoms with Crippen LogP contribution in [-0.2, 0) is 13.5 Å². The lowest BCUT2D eigenvalue weighted by Gasteiger charge is -1.92. The number of nitriles is 1. The van der Waals surface area contributed by atoms with Crippen LogP contribution in [-0.4, -0.2) is 15.0 Å². The predicted molar refractivity (Wildman–Crippen MR) is 35.1 cm³/mol. The van der Waals surface area contributed by atoms with Crippen LogP contribution in [0.15, 0.2) is 0 Å². The van der Waals surface area contributed by atoms with Crippen molar-refractivity contribution in [1.82, 2.24) is 15.0 Å². The van der Waals surface area contributed by atoms with Gasteiger partial charge in [-0.05, 0) is 6.42 Å². The van der Waals surface area contributed by atoms with E-state index in [0.29, 0.717) is 5.69 Å². The maximum Gasteiger partial charge on any atom is 0.185 e. The highest BCUT2D eigenvalue weighted by Gasteiger charge is 2.05. The van der Waals surface area contributed by atoms with E-state index in [1.165, 1.54) is 0 Å². The number of hydrogen-bond donors (Lipinski definition) is 0. The summed E-state index contributed by atoms with van der Waals surface area (Å²) in [6.45, 7) is 1.97. The second kappa shape index (κ2) is 2.48. The number of hydrogen-bond acceptors (Lipinski definition) is 3. The summed E-state index contributed by atoms with van der Waals surface area (Å²) < 4.78 is 1.62. The van der Waals surface area contributed by atoms with Gasteiger partial charge in [0.2, 0.25) is 0 Å². The van der Waals surface area contributed by atoms with Crippen LogP contribution in [0.25, 0.3) is 0 Å². The van der Waals surface area contributed by atoms with Gasteiger partial charge in [-0.2, -0.15) is 5.26 Å². The van der Waals surface area contributed by atoms with Crippen molar-refractivity contribution in [3.8, 4) is 6.07 Å². The van der Waals surface area contributed by atoms with Crippen molar-refractivity contribution < 1.29 is 0 Å². The summed E-state index contributed by atoms with van der Waals surface area (Å²) in [4.78, 5) is 0. The molecule has 0 fully saturated rings. The molecule has 0 aliphatic carbocycles. The van der Waals surface area contributed by atoms with Crippen LogP contribution < -0.4 is 0 Å². The molecule has 0 radical (unpaired) electrons. The molecule has 0 saturated heterocycles.